The molecule has 0 amide bonds. The lowest BCUT2D eigenvalue weighted by Crippen LogP contribution is -2.06. The average molecular weight is 221 g/mol. The van der Waals surface area contributed by atoms with Gasteiger partial charge >= 0.3 is 0 Å². The van der Waals surface area contributed by atoms with Gasteiger partial charge < -0.3 is 5.48 Å². The number of rotatable bonds is 4. The van der Waals surface area contributed by atoms with Gasteiger partial charge in [-0.2, -0.15) is 5.10 Å². The van der Waals surface area contributed by atoms with Crippen molar-refractivity contribution >= 4 is 0 Å². The Bertz CT molecular complexity index is 461. The summed E-state index contributed by atoms with van der Waals surface area (Å²) in [5, 5.41) is 8.74. The minimum Gasteiger partial charge on any atom is -0.412 e. The van der Waals surface area contributed by atoms with Gasteiger partial charge in [0.2, 0.25) is 0 Å². The SMILES string of the molecule is O.O=c1[nH][nH]nc1CCCc1ccccc1. The number of aromatic amines is 2. The molecule has 0 unspecified atom stereocenters. The molecule has 0 spiro atoms. The lowest BCUT2D eigenvalue weighted by molar-refractivity contribution is 0.788. The second-order valence-corrected chi connectivity index (χ2v) is 3.46. The fourth-order valence-corrected chi connectivity index (χ4v) is 1.54. The summed E-state index contributed by atoms with van der Waals surface area (Å²) in [6.45, 7) is 0. The van der Waals surface area contributed by atoms with Crippen molar-refractivity contribution in [3.63, 3.8) is 0 Å². The van der Waals surface area contributed by atoms with Crippen LogP contribution in [0.25, 0.3) is 0 Å². The second-order valence-electron chi connectivity index (χ2n) is 3.46. The van der Waals surface area contributed by atoms with Crippen LogP contribution in [0, 0.1) is 0 Å². The maximum absolute atomic E-state index is 11.1. The topological polar surface area (TPSA) is 93.0 Å². The van der Waals surface area contributed by atoms with Crippen LogP contribution in [-0.2, 0) is 12.8 Å². The molecule has 0 aliphatic carbocycles. The molecule has 0 saturated carbocycles. The molecule has 2 aromatic rings. The van der Waals surface area contributed by atoms with Crippen LogP contribution in [0.1, 0.15) is 17.7 Å². The highest BCUT2D eigenvalue weighted by Crippen LogP contribution is 2.03. The van der Waals surface area contributed by atoms with Crippen molar-refractivity contribution in [2.45, 2.75) is 19.3 Å². The highest BCUT2D eigenvalue weighted by molar-refractivity contribution is 5.14. The Balaban J connectivity index is 0.00000128. The average Bonchev–Trinajstić information content (AvgIpc) is 2.66. The monoisotopic (exact) mass is 221 g/mol. The van der Waals surface area contributed by atoms with Crippen LogP contribution in [0.2, 0.25) is 0 Å². The molecule has 5 nitrogen and oxygen atoms in total. The van der Waals surface area contributed by atoms with Crippen LogP contribution in [-0.4, -0.2) is 20.9 Å². The molecule has 86 valence electrons. The van der Waals surface area contributed by atoms with E-state index in [2.05, 4.69) is 27.5 Å². The smallest absolute Gasteiger partial charge is 0.287 e. The van der Waals surface area contributed by atoms with Gasteiger partial charge in [0.1, 0.15) is 5.69 Å². The molecule has 1 aromatic heterocycles. The fourth-order valence-electron chi connectivity index (χ4n) is 1.54. The zero-order chi connectivity index (χ0) is 10.5. The summed E-state index contributed by atoms with van der Waals surface area (Å²) in [6.07, 6.45) is 2.64. The molecule has 4 N–H and O–H groups in total. The summed E-state index contributed by atoms with van der Waals surface area (Å²) in [5.41, 5.74) is 1.78. The normalized spacial score (nSPS) is 9.75. The Labute approximate surface area is 92.8 Å². The molecule has 0 radical (unpaired) electrons. The third kappa shape index (κ3) is 3.06. The van der Waals surface area contributed by atoms with Crippen molar-refractivity contribution in [1.82, 2.24) is 15.4 Å². The maximum Gasteiger partial charge on any atom is 0.287 e. The Kier molecular flexibility index (Phi) is 4.47. The lowest BCUT2D eigenvalue weighted by Gasteiger charge is -1.98. The number of hydrogen-bond donors (Lipinski definition) is 2. The molecule has 1 heterocycles. The van der Waals surface area contributed by atoms with Gasteiger partial charge in [0.15, 0.2) is 0 Å². The largest absolute Gasteiger partial charge is 0.412 e. The summed E-state index contributed by atoms with van der Waals surface area (Å²) in [5.74, 6) is 0. The van der Waals surface area contributed by atoms with Gasteiger partial charge in [-0.1, -0.05) is 30.3 Å². The van der Waals surface area contributed by atoms with Gasteiger partial charge in [0.25, 0.3) is 5.56 Å². The molecule has 16 heavy (non-hydrogen) atoms. The summed E-state index contributed by atoms with van der Waals surface area (Å²) >= 11 is 0. The number of nitrogens with zero attached hydrogens (tertiary/aromatic N) is 1. The van der Waals surface area contributed by atoms with Crippen LogP contribution in [0.3, 0.4) is 0 Å². The van der Waals surface area contributed by atoms with E-state index in [9.17, 15) is 4.79 Å². The van der Waals surface area contributed by atoms with Gasteiger partial charge in [-0.15, -0.1) is 0 Å². The number of aryl methyl sites for hydroxylation is 2. The number of hydrogen-bond acceptors (Lipinski definition) is 2. The predicted octanol–water partition coefficient (Wildman–Crippen LogP) is 0.449. The molecule has 0 aliphatic heterocycles. The first kappa shape index (κ1) is 12.2. The Hall–Kier alpha value is -1.88. The Morgan fingerprint density at radius 2 is 1.88 bits per heavy atom. The van der Waals surface area contributed by atoms with E-state index in [4.69, 9.17) is 0 Å². The van der Waals surface area contributed by atoms with Crippen molar-refractivity contribution in [2.75, 3.05) is 0 Å². The number of benzene rings is 1. The third-order valence-electron chi connectivity index (χ3n) is 2.34. The second kappa shape index (κ2) is 5.87. The van der Waals surface area contributed by atoms with Crippen molar-refractivity contribution < 1.29 is 5.48 Å². The number of nitrogens with one attached hydrogen (secondary N) is 2. The number of aromatic nitrogens is 3. The molecular formula is C11H15N3O2. The highest BCUT2D eigenvalue weighted by atomic mass is 16.1. The fraction of sp³-hybridized carbons (Fsp3) is 0.273. The molecule has 1 aromatic carbocycles. The van der Waals surface area contributed by atoms with Crippen LogP contribution in [0.4, 0.5) is 0 Å². The highest BCUT2D eigenvalue weighted by Gasteiger charge is 2.01. The van der Waals surface area contributed by atoms with Gasteiger partial charge in [-0.3, -0.25) is 4.79 Å². The van der Waals surface area contributed by atoms with Crippen LogP contribution >= 0.6 is 0 Å². The van der Waals surface area contributed by atoms with Crippen molar-refractivity contribution in [3.8, 4) is 0 Å². The third-order valence-corrected chi connectivity index (χ3v) is 2.34. The van der Waals surface area contributed by atoms with Crippen LogP contribution in [0.15, 0.2) is 35.1 Å². The molecule has 0 fully saturated rings. The van der Waals surface area contributed by atoms with Crippen molar-refractivity contribution in [3.05, 3.63) is 51.9 Å². The quantitative estimate of drug-likeness (QED) is 0.784. The minimum absolute atomic E-state index is 0. The zero-order valence-corrected chi connectivity index (χ0v) is 8.86. The summed E-state index contributed by atoms with van der Waals surface area (Å²) in [7, 11) is 0. The first-order valence-electron chi connectivity index (χ1n) is 5.02. The standard InChI is InChI=1S/C11H13N3O.H2O/c15-11-10(12-14-13-11)8-4-7-9-5-2-1-3-6-9;/h1-3,5-6H,4,7-8H2,(H2,12,13,14,15);1H2. The molecular weight excluding hydrogens is 206 g/mol. The van der Waals surface area contributed by atoms with E-state index in [0.717, 1.165) is 12.8 Å². The van der Waals surface area contributed by atoms with Gasteiger partial charge in [0, 0.05) is 0 Å². The van der Waals surface area contributed by atoms with E-state index in [1.165, 1.54) is 5.56 Å². The van der Waals surface area contributed by atoms with E-state index >= 15 is 0 Å². The Morgan fingerprint density at radius 1 is 1.12 bits per heavy atom. The van der Waals surface area contributed by atoms with Crippen LogP contribution in [0.5, 0.6) is 0 Å². The van der Waals surface area contributed by atoms with E-state index in [1.807, 2.05) is 18.2 Å². The van der Waals surface area contributed by atoms with E-state index in [1.54, 1.807) is 0 Å². The van der Waals surface area contributed by atoms with Gasteiger partial charge in [-0.05, 0) is 24.8 Å². The molecule has 0 bridgehead atoms. The van der Waals surface area contributed by atoms with E-state index in [-0.39, 0.29) is 11.0 Å². The summed E-state index contributed by atoms with van der Waals surface area (Å²) in [6, 6.07) is 10.2. The predicted molar refractivity (Wildman–Crippen MR) is 61.3 cm³/mol. The first-order valence-corrected chi connectivity index (χ1v) is 5.02. The molecule has 0 atom stereocenters. The zero-order valence-electron chi connectivity index (χ0n) is 8.86. The maximum atomic E-state index is 11.1. The van der Waals surface area contributed by atoms with Crippen molar-refractivity contribution in [2.24, 2.45) is 0 Å². The van der Waals surface area contributed by atoms with Gasteiger partial charge in [0.05, 0.1) is 0 Å². The summed E-state index contributed by atoms with van der Waals surface area (Å²) < 4.78 is 0. The molecule has 0 aliphatic rings. The molecule has 5 heteroatoms. The van der Waals surface area contributed by atoms with E-state index in [0.29, 0.717) is 12.1 Å². The molecule has 2 rings (SSSR count). The lowest BCUT2D eigenvalue weighted by atomic mass is 10.1. The molecule has 0 saturated heterocycles. The Morgan fingerprint density at radius 3 is 2.50 bits per heavy atom. The van der Waals surface area contributed by atoms with Crippen LogP contribution < -0.4 is 5.56 Å². The summed E-state index contributed by atoms with van der Waals surface area (Å²) in [4.78, 5) is 11.1. The first-order chi connectivity index (χ1) is 7.36. The number of H-pyrrole nitrogens is 2. The van der Waals surface area contributed by atoms with Gasteiger partial charge in [-0.25, -0.2) is 10.3 Å². The van der Waals surface area contributed by atoms with Crippen molar-refractivity contribution in [1.29, 1.82) is 0 Å². The van der Waals surface area contributed by atoms with E-state index < -0.39 is 0 Å². The minimum atomic E-state index is -0.108.